The van der Waals surface area contributed by atoms with Gasteiger partial charge < -0.3 is 14.6 Å². The summed E-state index contributed by atoms with van der Waals surface area (Å²) in [6, 6.07) is 1.44. The molecule has 0 radical (unpaired) electrons. The average Bonchev–Trinajstić information content (AvgIpc) is 2.32. The molecule has 0 bridgehead atoms. The maximum atomic E-state index is 11.8. The van der Waals surface area contributed by atoms with Crippen molar-refractivity contribution in [2.24, 2.45) is 0 Å². The minimum absolute atomic E-state index is 0.0753. The molecule has 1 aromatic heterocycles. The molecule has 7 nitrogen and oxygen atoms in total. The van der Waals surface area contributed by atoms with E-state index in [1.54, 1.807) is 13.8 Å². The van der Waals surface area contributed by atoms with Crippen molar-refractivity contribution in [1.29, 1.82) is 0 Å². The monoisotopic (exact) mass is 270 g/mol. The fourth-order valence-electron chi connectivity index (χ4n) is 1.61. The molecule has 1 aromatic rings. The maximum absolute atomic E-state index is 11.8. The lowest BCUT2D eigenvalue weighted by atomic mass is 10.2. The Labute approximate surface area is 110 Å². The van der Waals surface area contributed by atoms with E-state index in [1.165, 1.54) is 17.7 Å². The standard InChI is InChI=1S/C12H18N2O5/c1-4-19-11(17)6-9(15)7-14-10(16)5-8(2)13-12(14)18-3/h5,9,15H,4,6-7H2,1-3H3. The van der Waals surface area contributed by atoms with E-state index in [2.05, 4.69) is 4.98 Å². The Morgan fingerprint density at radius 2 is 2.26 bits per heavy atom. The molecular weight excluding hydrogens is 252 g/mol. The van der Waals surface area contributed by atoms with Crippen LogP contribution in [0.15, 0.2) is 10.9 Å². The Morgan fingerprint density at radius 3 is 2.84 bits per heavy atom. The number of methoxy groups -OCH3 is 1. The van der Waals surface area contributed by atoms with Gasteiger partial charge in [-0.05, 0) is 13.8 Å². The van der Waals surface area contributed by atoms with E-state index in [0.717, 1.165) is 0 Å². The van der Waals surface area contributed by atoms with Gasteiger partial charge in [-0.3, -0.25) is 14.2 Å². The predicted octanol–water partition coefficient (Wildman–Crippen LogP) is -0.126. The van der Waals surface area contributed by atoms with Gasteiger partial charge in [0.2, 0.25) is 0 Å². The van der Waals surface area contributed by atoms with E-state index >= 15 is 0 Å². The number of hydrogen-bond donors (Lipinski definition) is 1. The van der Waals surface area contributed by atoms with E-state index in [9.17, 15) is 14.7 Å². The van der Waals surface area contributed by atoms with Crippen LogP contribution in [0.1, 0.15) is 19.0 Å². The highest BCUT2D eigenvalue weighted by Crippen LogP contribution is 2.07. The van der Waals surface area contributed by atoms with Crippen molar-refractivity contribution in [3.8, 4) is 6.01 Å². The molecule has 106 valence electrons. The van der Waals surface area contributed by atoms with Crippen LogP contribution in [0.25, 0.3) is 0 Å². The second kappa shape index (κ2) is 6.89. The molecule has 0 aliphatic carbocycles. The van der Waals surface area contributed by atoms with Crippen LogP contribution >= 0.6 is 0 Å². The predicted molar refractivity (Wildman–Crippen MR) is 67.0 cm³/mol. The number of aliphatic hydroxyl groups excluding tert-OH is 1. The number of esters is 1. The van der Waals surface area contributed by atoms with Gasteiger partial charge in [-0.15, -0.1) is 0 Å². The summed E-state index contributed by atoms with van der Waals surface area (Å²) in [4.78, 5) is 27.0. The van der Waals surface area contributed by atoms with Gasteiger partial charge in [-0.2, -0.15) is 0 Å². The molecule has 1 atom stereocenters. The fraction of sp³-hybridized carbons (Fsp3) is 0.583. The van der Waals surface area contributed by atoms with Gasteiger partial charge in [0.05, 0.1) is 32.8 Å². The van der Waals surface area contributed by atoms with Crippen LogP contribution in [-0.2, 0) is 16.1 Å². The number of hydrogen-bond acceptors (Lipinski definition) is 6. The van der Waals surface area contributed by atoms with Crippen molar-refractivity contribution in [2.75, 3.05) is 13.7 Å². The van der Waals surface area contributed by atoms with Gasteiger partial charge in [0.15, 0.2) is 0 Å². The van der Waals surface area contributed by atoms with Crippen molar-refractivity contribution in [2.45, 2.75) is 32.9 Å². The first-order valence-electron chi connectivity index (χ1n) is 5.94. The van der Waals surface area contributed by atoms with Crippen molar-refractivity contribution in [1.82, 2.24) is 9.55 Å². The van der Waals surface area contributed by atoms with Crippen LogP contribution < -0.4 is 10.3 Å². The van der Waals surface area contributed by atoms with Crippen molar-refractivity contribution in [3.05, 3.63) is 22.1 Å². The molecule has 1 heterocycles. The number of aryl methyl sites for hydroxylation is 1. The van der Waals surface area contributed by atoms with E-state index in [1.807, 2.05) is 0 Å². The van der Waals surface area contributed by atoms with E-state index < -0.39 is 12.1 Å². The molecule has 0 aliphatic rings. The highest BCUT2D eigenvalue weighted by Gasteiger charge is 2.16. The number of rotatable bonds is 6. The van der Waals surface area contributed by atoms with Crippen LogP contribution in [0.5, 0.6) is 6.01 Å². The SMILES string of the molecule is CCOC(=O)CC(O)Cn1c(OC)nc(C)cc1=O. The molecule has 0 fully saturated rings. The summed E-state index contributed by atoms with van der Waals surface area (Å²) in [5.74, 6) is -0.512. The lowest BCUT2D eigenvalue weighted by Crippen LogP contribution is -2.30. The number of carbonyl (C=O) groups excluding carboxylic acids is 1. The van der Waals surface area contributed by atoms with E-state index in [0.29, 0.717) is 5.69 Å². The van der Waals surface area contributed by atoms with Gasteiger partial charge in [0, 0.05) is 11.8 Å². The Morgan fingerprint density at radius 1 is 1.58 bits per heavy atom. The summed E-state index contributed by atoms with van der Waals surface area (Å²) in [5.41, 5.74) is 0.185. The number of carbonyl (C=O) groups is 1. The Kier molecular flexibility index (Phi) is 5.50. The zero-order chi connectivity index (χ0) is 14.4. The Bertz CT molecular complexity index is 497. The lowest BCUT2D eigenvalue weighted by Gasteiger charge is -2.14. The third-order valence-corrected chi connectivity index (χ3v) is 2.38. The summed E-state index contributed by atoms with van der Waals surface area (Å²) in [7, 11) is 1.38. The number of aromatic nitrogens is 2. The molecular formula is C12H18N2O5. The number of aliphatic hydroxyl groups is 1. The summed E-state index contributed by atoms with van der Waals surface area (Å²) in [6.07, 6.45) is -1.22. The first-order chi connectivity index (χ1) is 8.97. The topological polar surface area (TPSA) is 90.7 Å². The van der Waals surface area contributed by atoms with E-state index in [-0.39, 0.29) is 31.1 Å². The number of ether oxygens (including phenoxy) is 2. The summed E-state index contributed by atoms with van der Waals surface area (Å²) < 4.78 is 10.9. The second-order valence-electron chi connectivity index (χ2n) is 4.00. The van der Waals surface area contributed by atoms with Crippen LogP contribution in [0.2, 0.25) is 0 Å². The quantitative estimate of drug-likeness (QED) is 0.724. The van der Waals surface area contributed by atoms with Gasteiger partial charge >= 0.3 is 5.97 Å². The van der Waals surface area contributed by atoms with Crippen molar-refractivity contribution < 1.29 is 19.4 Å². The van der Waals surface area contributed by atoms with Gasteiger partial charge in [0.25, 0.3) is 11.6 Å². The van der Waals surface area contributed by atoms with Gasteiger partial charge in [-0.25, -0.2) is 4.98 Å². The molecule has 19 heavy (non-hydrogen) atoms. The average molecular weight is 270 g/mol. The normalized spacial score (nSPS) is 12.0. The largest absolute Gasteiger partial charge is 0.468 e. The fourth-order valence-corrected chi connectivity index (χ4v) is 1.61. The highest BCUT2D eigenvalue weighted by atomic mass is 16.5. The summed E-state index contributed by atoms with van der Waals surface area (Å²) in [5, 5.41) is 9.77. The zero-order valence-corrected chi connectivity index (χ0v) is 11.3. The minimum Gasteiger partial charge on any atom is -0.468 e. The third kappa shape index (κ3) is 4.36. The van der Waals surface area contributed by atoms with E-state index in [4.69, 9.17) is 9.47 Å². The molecule has 0 aromatic carbocycles. The van der Waals surface area contributed by atoms with Gasteiger partial charge in [0.1, 0.15) is 0 Å². The third-order valence-electron chi connectivity index (χ3n) is 2.38. The highest BCUT2D eigenvalue weighted by molar-refractivity contribution is 5.69. The van der Waals surface area contributed by atoms with Crippen LogP contribution in [-0.4, -0.2) is 40.4 Å². The molecule has 0 aliphatic heterocycles. The Balaban J connectivity index is 2.82. The molecule has 0 saturated carbocycles. The van der Waals surface area contributed by atoms with Crippen LogP contribution in [0, 0.1) is 6.92 Å². The summed E-state index contributed by atoms with van der Waals surface area (Å²) in [6.45, 7) is 3.53. The van der Waals surface area contributed by atoms with Gasteiger partial charge in [-0.1, -0.05) is 0 Å². The number of nitrogens with zero attached hydrogens (tertiary/aromatic N) is 2. The molecule has 1 rings (SSSR count). The first kappa shape index (κ1) is 15.2. The molecule has 0 amide bonds. The van der Waals surface area contributed by atoms with Crippen molar-refractivity contribution in [3.63, 3.8) is 0 Å². The second-order valence-corrected chi connectivity index (χ2v) is 4.00. The Hall–Kier alpha value is -1.89. The molecule has 7 heteroatoms. The van der Waals surface area contributed by atoms with Crippen LogP contribution in [0.4, 0.5) is 0 Å². The smallest absolute Gasteiger partial charge is 0.308 e. The lowest BCUT2D eigenvalue weighted by molar-refractivity contribution is -0.145. The molecule has 0 saturated heterocycles. The first-order valence-corrected chi connectivity index (χ1v) is 5.94. The van der Waals surface area contributed by atoms with Crippen LogP contribution in [0.3, 0.4) is 0 Å². The molecule has 1 N–H and O–H groups in total. The molecule has 0 spiro atoms. The minimum atomic E-state index is -1.03. The maximum Gasteiger partial charge on any atom is 0.308 e. The summed E-state index contributed by atoms with van der Waals surface area (Å²) >= 11 is 0. The van der Waals surface area contributed by atoms with Crippen molar-refractivity contribution >= 4 is 5.97 Å². The zero-order valence-electron chi connectivity index (χ0n) is 11.3. The molecule has 1 unspecified atom stereocenters.